The Morgan fingerprint density at radius 1 is 1.10 bits per heavy atom. The van der Waals surface area contributed by atoms with E-state index in [-0.39, 0.29) is 12.2 Å². The van der Waals surface area contributed by atoms with Gasteiger partial charge in [-0.3, -0.25) is 0 Å². The highest BCUT2D eigenvalue weighted by Gasteiger charge is 2.23. The number of rotatable bonds is 2. The molecule has 0 fully saturated rings. The number of aryl methyl sites for hydroxylation is 1. The summed E-state index contributed by atoms with van der Waals surface area (Å²) in [6.07, 6.45) is 1.82. The third kappa shape index (κ3) is 2.16. The molecule has 2 aromatic carbocycles. The zero-order valence-electron chi connectivity index (χ0n) is 11.1. The number of nitrogens with zero attached hydrogens (tertiary/aromatic N) is 1. The van der Waals surface area contributed by atoms with Gasteiger partial charge in [0.25, 0.3) is 0 Å². The molecule has 104 valence electrons. The van der Waals surface area contributed by atoms with Crippen LogP contribution in [0.2, 0.25) is 0 Å². The number of para-hydroxylation sites is 1. The number of hydrogen-bond acceptors (Lipinski definition) is 2. The summed E-state index contributed by atoms with van der Waals surface area (Å²) in [7, 11) is 0. The van der Waals surface area contributed by atoms with Gasteiger partial charge in [-0.15, -0.1) is 0 Å². The lowest BCUT2D eigenvalue weighted by Crippen LogP contribution is -2.26. The van der Waals surface area contributed by atoms with Gasteiger partial charge in [-0.1, -0.05) is 18.2 Å². The van der Waals surface area contributed by atoms with Crippen LogP contribution in [0.25, 0.3) is 0 Å². The molecule has 0 aromatic heterocycles. The Hall–Kier alpha value is -1.94. The maximum absolute atomic E-state index is 14.2. The maximum Gasteiger partial charge on any atom is 0.150 e. The van der Waals surface area contributed by atoms with E-state index in [1.54, 1.807) is 4.90 Å². The largest absolute Gasteiger partial charge is 0.336 e. The standard InChI is InChI=1S/C16H16F2N2/c17-13-8-11(10-19)9-14(18)16(13)20-7-3-5-12-4-1-2-6-15(12)20/h1-2,4,6,8-9H,3,5,7,10,19H2. The molecule has 0 aliphatic carbocycles. The van der Waals surface area contributed by atoms with E-state index in [1.165, 1.54) is 12.1 Å². The van der Waals surface area contributed by atoms with Gasteiger partial charge >= 0.3 is 0 Å². The molecule has 0 atom stereocenters. The lowest BCUT2D eigenvalue weighted by Gasteiger charge is -2.31. The Morgan fingerprint density at radius 2 is 1.80 bits per heavy atom. The molecule has 3 rings (SSSR count). The van der Waals surface area contributed by atoms with E-state index in [2.05, 4.69) is 0 Å². The Morgan fingerprint density at radius 3 is 2.50 bits per heavy atom. The van der Waals surface area contributed by atoms with Gasteiger partial charge in [-0.25, -0.2) is 8.78 Å². The van der Waals surface area contributed by atoms with Crippen molar-refractivity contribution in [2.75, 3.05) is 11.4 Å². The Balaban J connectivity index is 2.11. The fourth-order valence-electron chi connectivity index (χ4n) is 2.76. The van der Waals surface area contributed by atoms with Crippen LogP contribution >= 0.6 is 0 Å². The van der Waals surface area contributed by atoms with E-state index in [1.807, 2.05) is 24.3 Å². The number of halogens is 2. The molecule has 2 N–H and O–H groups in total. The molecular weight excluding hydrogens is 258 g/mol. The first-order valence-electron chi connectivity index (χ1n) is 6.74. The molecule has 0 unspecified atom stereocenters. The van der Waals surface area contributed by atoms with E-state index in [4.69, 9.17) is 5.73 Å². The van der Waals surface area contributed by atoms with Crippen LogP contribution in [-0.2, 0) is 13.0 Å². The van der Waals surface area contributed by atoms with Crippen LogP contribution in [-0.4, -0.2) is 6.54 Å². The predicted molar refractivity (Wildman–Crippen MR) is 76.0 cm³/mol. The summed E-state index contributed by atoms with van der Waals surface area (Å²) >= 11 is 0. The molecule has 0 radical (unpaired) electrons. The summed E-state index contributed by atoms with van der Waals surface area (Å²) in [4.78, 5) is 1.73. The minimum atomic E-state index is -0.554. The molecule has 0 amide bonds. The van der Waals surface area contributed by atoms with Crippen LogP contribution in [0.1, 0.15) is 17.5 Å². The first-order chi connectivity index (χ1) is 9.70. The van der Waals surface area contributed by atoms with Crippen LogP contribution < -0.4 is 10.6 Å². The molecule has 4 heteroatoms. The van der Waals surface area contributed by atoms with Crippen molar-refractivity contribution in [2.24, 2.45) is 5.73 Å². The number of benzene rings is 2. The first-order valence-corrected chi connectivity index (χ1v) is 6.74. The lowest BCUT2D eigenvalue weighted by atomic mass is 10.0. The zero-order chi connectivity index (χ0) is 14.1. The number of anilines is 2. The third-order valence-corrected chi connectivity index (χ3v) is 3.69. The Kier molecular flexibility index (Phi) is 3.40. The average Bonchev–Trinajstić information content (AvgIpc) is 2.46. The van der Waals surface area contributed by atoms with Crippen molar-refractivity contribution in [1.82, 2.24) is 0 Å². The molecule has 1 heterocycles. The maximum atomic E-state index is 14.2. The molecule has 2 nitrogen and oxygen atoms in total. The monoisotopic (exact) mass is 274 g/mol. The molecule has 20 heavy (non-hydrogen) atoms. The minimum absolute atomic E-state index is 0.0225. The van der Waals surface area contributed by atoms with E-state index in [0.717, 1.165) is 24.1 Å². The van der Waals surface area contributed by atoms with Gasteiger partial charge < -0.3 is 10.6 Å². The molecule has 0 spiro atoms. The highest BCUT2D eigenvalue weighted by Crippen LogP contribution is 2.36. The summed E-state index contributed by atoms with van der Waals surface area (Å²) in [6, 6.07) is 10.4. The highest BCUT2D eigenvalue weighted by atomic mass is 19.1. The van der Waals surface area contributed by atoms with Gasteiger partial charge in [-0.05, 0) is 42.2 Å². The predicted octanol–water partition coefficient (Wildman–Crippen LogP) is 3.51. The Labute approximate surface area is 116 Å². The third-order valence-electron chi connectivity index (χ3n) is 3.69. The van der Waals surface area contributed by atoms with Crippen molar-refractivity contribution in [1.29, 1.82) is 0 Å². The fraction of sp³-hybridized carbons (Fsp3) is 0.250. The van der Waals surface area contributed by atoms with E-state index in [9.17, 15) is 8.78 Å². The minimum Gasteiger partial charge on any atom is -0.336 e. The molecular formula is C16H16F2N2. The van der Waals surface area contributed by atoms with Crippen molar-refractivity contribution < 1.29 is 8.78 Å². The first kappa shape index (κ1) is 13.1. The second kappa shape index (κ2) is 5.21. The lowest BCUT2D eigenvalue weighted by molar-refractivity contribution is 0.572. The molecule has 2 aromatic rings. The smallest absolute Gasteiger partial charge is 0.150 e. The summed E-state index contributed by atoms with van der Waals surface area (Å²) in [5, 5.41) is 0. The normalized spacial score (nSPS) is 14.2. The molecule has 0 bridgehead atoms. The molecule has 1 aliphatic rings. The van der Waals surface area contributed by atoms with Gasteiger partial charge in [-0.2, -0.15) is 0 Å². The Bertz CT molecular complexity index is 617. The molecule has 1 aliphatic heterocycles. The van der Waals surface area contributed by atoms with Gasteiger partial charge in [0.05, 0.1) is 0 Å². The summed E-state index contributed by atoms with van der Waals surface area (Å²) in [5.41, 5.74) is 7.95. The SMILES string of the molecule is NCc1cc(F)c(N2CCCc3ccccc32)c(F)c1. The van der Waals surface area contributed by atoms with Crippen molar-refractivity contribution >= 4 is 11.4 Å². The second-order valence-corrected chi connectivity index (χ2v) is 5.00. The fourth-order valence-corrected chi connectivity index (χ4v) is 2.76. The molecule has 0 saturated heterocycles. The number of hydrogen-bond donors (Lipinski definition) is 1. The quantitative estimate of drug-likeness (QED) is 0.908. The summed E-state index contributed by atoms with van der Waals surface area (Å²) in [6.45, 7) is 0.748. The zero-order valence-corrected chi connectivity index (χ0v) is 11.1. The van der Waals surface area contributed by atoms with Crippen molar-refractivity contribution in [3.8, 4) is 0 Å². The van der Waals surface area contributed by atoms with Crippen LogP contribution in [0, 0.1) is 11.6 Å². The van der Waals surface area contributed by atoms with E-state index >= 15 is 0 Å². The average molecular weight is 274 g/mol. The van der Waals surface area contributed by atoms with E-state index in [0.29, 0.717) is 12.1 Å². The van der Waals surface area contributed by atoms with Gasteiger partial charge in [0.1, 0.15) is 17.3 Å². The summed E-state index contributed by atoms with van der Waals surface area (Å²) < 4.78 is 28.5. The molecule has 0 saturated carbocycles. The van der Waals surface area contributed by atoms with Crippen LogP contribution in [0.4, 0.5) is 20.2 Å². The van der Waals surface area contributed by atoms with Crippen LogP contribution in [0.3, 0.4) is 0 Å². The van der Waals surface area contributed by atoms with Crippen molar-refractivity contribution in [3.05, 3.63) is 59.2 Å². The van der Waals surface area contributed by atoms with Gasteiger partial charge in [0, 0.05) is 18.8 Å². The topological polar surface area (TPSA) is 29.3 Å². The van der Waals surface area contributed by atoms with E-state index < -0.39 is 11.6 Å². The highest BCUT2D eigenvalue weighted by molar-refractivity contribution is 5.69. The van der Waals surface area contributed by atoms with Crippen molar-refractivity contribution in [3.63, 3.8) is 0 Å². The van der Waals surface area contributed by atoms with Crippen molar-refractivity contribution in [2.45, 2.75) is 19.4 Å². The summed E-state index contributed by atoms with van der Waals surface area (Å²) in [5.74, 6) is -1.11. The van der Waals surface area contributed by atoms with Gasteiger partial charge in [0.15, 0.2) is 0 Å². The second-order valence-electron chi connectivity index (χ2n) is 5.00. The number of nitrogens with two attached hydrogens (primary N) is 1. The van der Waals surface area contributed by atoms with Crippen LogP contribution in [0.15, 0.2) is 36.4 Å². The van der Waals surface area contributed by atoms with Crippen LogP contribution in [0.5, 0.6) is 0 Å². The number of fused-ring (bicyclic) bond motifs is 1. The van der Waals surface area contributed by atoms with Gasteiger partial charge in [0.2, 0.25) is 0 Å².